The summed E-state index contributed by atoms with van der Waals surface area (Å²) in [6.45, 7) is 6.23. The van der Waals surface area contributed by atoms with Crippen molar-refractivity contribution in [2.45, 2.75) is 20.8 Å². The van der Waals surface area contributed by atoms with E-state index in [2.05, 4.69) is 76.7 Å². The van der Waals surface area contributed by atoms with Gasteiger partial charge in [0.2, 0.25) is 0 Å². The predicted octanol–water partition coefficient (Wildman–Crippen LogP) is 4.77. The van der Waals surface area contributed by atoms with Crippen LogP contribution in [0.3, 0.4) is 0 Å². The van der Waals surface area contributed by atoms with E-state index < -0.39 is 0 Å². The molecule has 1 aromatic heterocycles. The summed E-state index contributed by atoms with van der Waals surface area (Å²) in [6.07, 6.45) is 1.70. The molecule has 132 valence electrons. The summed E-state index contributed by atoms with van der Waals surface area (Å²) in [5.74, 6) is -0.217. The van der Waals surface area contributed by atoms with Crippen molar-refractivity contribution < 1.29 is 4.79 Å². The van der Waals surface area contributed by atoms with E-state index in [0.29, 0.717) is 5.56 Å². The Bertz CT molecular complexity index is 971. The first-order valence-electron chi connectivity index (χ1n) is 8.31. The number of amides is 1. The zero-order valence-corrected chi connectivity index (χ0v) is 17.1. The van der Waals surface area contributed by atoms with Crippen LogP contribution in [0.25, 0.3) is 5.69 Å². The van der Waals surface area contributed by atoms with E-state index in [4.69, 9.17) is 0 Å². The zero-order valence-electron chi connectivity index (χ0n) is 15.0. The van der Waals surface area contributed by atoms with Crippen molar-refractivity contribution in [1.29, 1.82) is 0 Å². The van der Waals surface area contributed by atoms with E-state index in [1.807, 2.05) is 24.3 Å². The lowest BCUT2D eigenvalue weighted by molar-refractivity contribution is 0.0955. The standard InChI is InChI=1S/C21H20IN3O/c1-14-6-4-5-7-20(14)25-15(2)12-18(16(25)3)13-23-24-21(26)17-8-10-19(22)11-9-17/h4-13H,1-3H3,(H,24,26)/b23-13-. The van der Waals surface area contributed by atoms with Gasteiger partial charge in [0.05, 0.1) is 6.21 Å². The number of hydrogen-bond acceptors (Lipinski definition) is 2. The maximum atomic E-state index is 12.1. The number of para-hydroxylation sites is 1. The van der Waals surface area contributed by atoms with Crippen LogP contribution < -0.4 is 5.43 Å². The monoisotopic (exact) mass is 457 g/mol. The summed E-state index contributed by atoms with van der Waals surface area (Å²) in [4.78, 5) is 12.1. The van der Waals surface area contributed by atoms with Gasteiger partial charge in [0.1, 0.15) is 0 Å². The van der Waals surface area contributed by atoms with Crippen molar-refractivity contribution in [3.63, 3.8) is 0 Å². The molecule has 3 aromatic rings. The van der Waals surface area contributed by atoms with E-state index in [1.54, 1.807) is 18.3 Å². The van der Waals surface area contributed by atoms with Gasteiger partial charge in [-0.05, 0) is 85.3 Å². The van der Waals surface area contributed by atoms with Gasteiger partial charge in [-0.3, -0.25) is 4.79 Å². The molecule has 3 rings (SSSR count). The number of nitrogens with zero attached hydrogens (tertiary/aromatic N) is 2. The normalized spacial score (nSPS) is 11.1. The quantitative estimate of drug-likeness (QED) is 0.343. The molecule has 1 heterocycles. The lowest BCUT2D eigenvalue weighted by Crippen LogP contribution is -2.17. The van der Waals surface area contributed by atoms with Gasteiger partial charge in [0, 0.05) is 31.8 Å². The van der Waals surface area contributed by atoms with Crippen LogP contribution in [0, 0.1) is 24.3 Å². The van der Waals surface area contributed by atoms with E-state index in [9.17, 15) is 4.79 Å². The number of rotatable bonds is 4. The zero-order chi connectivity index (χ0) is 18.7. The minimum atomic E-state index is -0.217. The number of aromatic nitrogens is 1. The largest absolute Gasteiger partial charge is 0.318 e. The summed E-state index contributed by atoms with van der Waals surface area (Å²) < 4.78 is 3.30. The molecule has 2 aromatic carbocycles. The van der Waals surface area contributed by atoms with Crippen LogP contribution in [0.1, 0.15) is 32.9 Å². The van der Waals surface area contributed by atoms with Gasteiger partial charge in [0.15, 0.2) is 0 Å². The average Bonchev–Trinajstić information content (AvgIpc) is 2.90. The highest BCUT2D eigenvalue weighted by Gasteiger charge is 2.11. The molecule has 0 saturated carbocycles. The van der Waals surface area contributed by atoms with Crippen molar-refractivity contribution >= 4 is 34.7 Å². The Morgan fingerprint density at radius 3 is 2.46 bits per heavy atom. The van der Waals surface area contributed by atoms with Crippen LogP contribution in [0.5, 0.6) is 0 Å². The third-order valence-corrected chi connectivity index (χ3v) is 5.02. The van der Waals surface area contributed by atoms with E-state index >= 15 is 0 Å². The maximum Gasteiger partial charge on any atom is 0.271 e. The Balaban J connectivity index is 1.80. The van der Waals surface area contributed by atoms with Crippen LogP contribution in [-0.2, 0) is 0 Å². The topological polar surface area (TPSA) is 46.4 Å². The Morgan fingerprint density at radius 2 is 1.77 bits per heavy atom. The number of carbonyl (C=O) groups excluding carboxylic acids is 1. The fourth-order valence-electron chi connectivity index (χ4n) is 2.93. The SMILES string of the molecule is Cc1ccccc1-n1c(C)cc(/C=N\NC(=O)c2ccc(I)cc2)c1C. The average molecular weight is 457 g/mol. The van der Waals surface area contributed by atoms with Crippen molar-refractivity contribution in [3.05, 3.63) is 86.2 Å². The second-order valence-corrected chi connectivity index (χ2v) is 7.40. The van der Waals surface area contributed by atoms with Gasteiger partial charge in [-0.2, -0.15) is 5.10 Å². The van der Waals surface area contributed by atoms with Crippen molar-refractivity contribution in [3.8, 4) is 5.69 Å². The van der Waals surface area contributed by atoms with Crippen LogP contribution in [0.2, 0.25) is 0 Å². The van der Waals surface area contributed by atoms with E-state index in [1.165, 1.54) is 5.56 Å². The summed E-state index contributed by atoms with van der Waals surface area (Å²) in [5, 5.41) is 4.13. The molecule has 4 nitrogen and oxygen atoms in total. The molecule has 26 heavy (non-hydrogen) atoms. The van der Waals surface area contributed by atoms with Gasteiger partial charge < -0.3 is 4.57 Å². The molecule has 1 N–H and O–H groups in total. The second-order valence-electron chi connectivity index (χ2n) is 6.15. The first kappa shape index (κ1) is 18.4. The Morgan fingerprint density at radius 1 is 1.08 bits per heavy atom. The molecule has 5 heteroatoms. The summed E-state index contributed by atoms with van der Waals surface area (Å²) >= 11 is 2.21. The molecular weight excluding hydrogens is 437 g/mol. The molecule has 1 amide bonds. The van der Waals surface area contributed by atoms with E-state index in [0.717, 1.165) is 26.2 Å². The number of aryl methyl sites for hydroxylation is 2. The highest BCUT2D eigenvalue weighted by molar-refractivity contribution is 14.1. The highest BCUT2D eigenvalue weighted by Crippen LogP contribution is 2.22. The smallest absolute Gasteiger partial charge is 0.271 e. The second kappa shape index (κ2) is 7.86. The van der Waals surface area contributed by atoms with Gasteiger partial charge in [-0.25, -0.2) is 5.43 Å². The third-order valence-electron chi connectivity index (χ3n) is 4.30. The van der Waals surface area contributed by atoms with Gasteiger partial charge in [0.25, 0.3) is 5.91 Å². The molecule has 0 aliphatic heterocycles. The van der Waals surface area contributed by atoms with Gasteiger partial charge >= 0.3 is 0 Å². The molecule has 0 atom stereocenters. The highest BCUT2D eigenvalue weighted by atomic mass is 127. The van der Waals surface area contributed by atoms with Gasteiger partial charge in [-0.15, -0.1) is 0 Å². The molecule has 0 aliphatic rings. The number of halogens is 1. The van der Waals surface area contributed by atoms with Crippen molar-refractivity contribution in [1.82, 2.24) is 9.99 Å². The van der Waals surface area contributed by atoms with Crippen LogP contribution in [0.15, 0.2) is 59.7 Å². The Kier molecular flexibility index (Phi) is 5.56. The Labute approximate surface area is 167 Å². The number of benzene rings is 2. The van der Waals surface area contributed by atoms with Gasteiger partial charge in [-0.1, -0.05) is 18.2 Å². The molecule has 0 bridgehead atoms. The predicted molar refractivity (Wildman–Crippen MR) is 114 cm³/mol. The molecule has 0 radical (unpaired) electrons. The molecule has 0 spiro atoms. The number of hydrogen-bond donors (Lipinski definition) is 1. The summed E-state index contributed by atoms with van der Waals surface area (Å²) in [6, 6.07) is 17.7. The summed E-state index contributed by atoms with van der Waals surface area (Å²) in [7, 11) is 0. The molecule has 0 aliphatic carbocycles. The first-order chi connectivity index (χ1) is 12.5. The molecule has 0 saturated heterocycles. The van der Waals surface area contributed by atoms with Crippen molar-refractivity contribution in [2.75, 3.05) is 0 Å². The first-order valence-corrected chi connectivity index (χ1v) is 9.39. The summed E-state index contributed by atoms with van der Waals surface area (Å²) in [5.41, 5.74) is 8.75. The molecule has 0 unspecified atom stereocenters. The number of nitrogens with one attached hydrogen (secondary N) is 1. The van der Waals surface area contributed by atoms with Crippen LogP contribution >= 0.6 is 22.6 Å². The minimum absolute atomic E-state index is 0.217. The van der Waals surface area contributed by atoms with Crippen LogP contribution in [0.4, 0.5) is 0 Å². The van der Waals surface area contributed by atoms with E-state index in [-0.39, 0.29) is 5.91 Å². The lowest BCUT2D eigenvalue weighted by atomic mass is 10.2. The molecule has 0 fully saturated rings. The number of carbonyl (C=O) groups is 1. The Hall–Kier alpha value is -2.41. The minimum Gasteiger partial charge on any atom is -0.318 e. The number of hydrazone groups is 1. The fraction of sp³-hybridized carbons (Fsp3) is 0.143. The lowest BCUT2D eigenvalue weighted by Gasteiger charge is -2.12. The molecular formula is C21H20IN3O. The third kappa shape index (κ3) is 3.88. The van der Waals surface area contributed by atoms with Crippen molar-refractivity contribution in [2.24, 2.45) is 5.10 Å². The fourth-order valence-corrected chi connectivity index (χ4v) is 3.29. The van der Waals surface area contributed by atoms with Crippen LogP contribution in [-0.4, -0.2) is 16.7 Å². The maximum absolute atomic E-state index is 12.1.